The Morgan fingerprint density at radius 2 is 1.73 bits per heavy atom. The molecule has 1 N–H and O–H groups in total. The van der Waals surface area contributed by atoms with Crippen LogP contribution in [-0.4, -0.2) is 29.9 Å². The summed E-state index contributed by atoms with van der Waals surface area (Å²) in [6, 6.07) is 2.80. The summed E-state index contributed by atoms with van der Waals surface area (Å²) in [6.07, 6.45) is -6.39. The lowest BCUT2D eigenvalue weighted by Crippen LogP contribution is -2.49. The molecule has 22 heavy (non-hydrogen) atoms. The van der Waals surface area contributed by atoms with Crippen molar-refractivity contribution in [2.75, 3.05) is 11.9 Å². The number of hydrogen-bond acceptors (Lipinski definition) is 3. The predicted octanol–water partition coefficient (Wildman–Crippen LogP) is 3.90. The van der Waals surface area contributed by atoms with Crippen LogP contribution in [0.25, 0.3) is 0 Å². The molecule has 0 fully saturated rings. The van der Waals surface area contributed by atoms with E-state index in [2.05, 4.69) is 5.32 Å². The standard InChI is InChI=1S/C11H6F7NO2S/c12-9(13,10(14,15)16)11(17,18)22-5-1-2-7-6(3-5)19-8(20)4-21-7/h1-3H,4H2,(H,19,20). The van der Waals surface area contributed by atoms with Crippen LogP contribution in [0.1, 0.15) is 0 Å². The average Bonchev–Trinajstić information content (AvgIpc) is 2.36. The van der Waals surface area contributed by atoms with Crippen molar-refractivity contribution >= 4 is 23.4 Å². The normalized spacial score (nSPS) is 15.9. The molecular weight excluding hydrogens is 343 g/mol. The largest absolute Gasteiger partial charge is 0.482 e. The lowest BCUT2D eigenvalue weighted by atomic mass is 10.2. The van der Waals surface area contributed by atoms with E-state index in [9.17, 15) is 35.5 Å². The van der Waals surface area contributed by atoms with Gasteiger partial charge in [0.1, 0.15) is 5.75 Å². The van der Waals surface area contributed by atoms with Crippen molar-refractivity contribution < 1.29 is 40.3 Å². The Kier molecular flexibility index (Phi) is 3.96. The Balaban J connectivity index is 2.27. The number of benzene rings is 1. The summed E-state index contributed by atoms with van der Waals surface area (Å²) in [4.78, 5) is 10.5. The monoisotopic (exact) mass is 349 g/mol. The number of rotatable bonds is 3. The highest BCUT2D eigenvalue weighted by molar-refractivity contribution is 8.00. The fraction of sp³-hybridized carbons (Fsp3) is 0.364. The number of carbonyl (C=O) groups is 1. The molecule has 1 heterocycles. The van der Waals surface area contributed by atoms with Gasteiger partial charge in [0.15, 0.2) is 6.61 Å². The Bertz CT molecular complexity index is 603. The van der Waals surface area contributed by atoms with E-state index in [1.165, 1.54) is 0 Å². The highest BCUT2D eigenvalue weighted by atomic mass is 32.2. The summed E-state index contributed by atoms with van der Waals surface area (Å²) in [5.41, 5.74) is -0.0904. The molecule has 0 aromatic heterocycles. The van der Waals surface area contributed by atoms with Gasteiger partial charge in [-0.3, -0.25) is 4.79 Å². The van der Waals surface area contributed by atoms with Gasteiger partial charge in [0.2, 0.25) is 0 Å². The first-order valence-electron chi connectivity index (χ1n) is 5.52. The molecular formula is C11H6F7NO2S. The van der Waals surface area contributed by atoms with E-state index >= 15 is 0 Å². The number of hydrogen-bond donors (Lipinski definition) is 1. The Hall–Kier alpha value is -1.65. The fourth-order valence-corrected chi connectivity index (χ4v) is 2.36. The molecule has 0 atom stereocenters. The van der Waals surface area contributed by atoms with E-state index in [0.717, 1.165) is 18.2 Å². The second-order valence-electron chi connectivity index (χ2n) is 4.19. The van der Waals surface area contributed by atoms with Crippen molar-refractivity contribution in [3.63, 3.8) is 0 Å². The van der Waals surface area contributed by atoms with Crippen LogP contribution < -0.4 is 10.1 Å². The molecule has 2 rings (SSSR count). The van der Waals surface area contributed by atoms with Crippen molar-refractivity contribution in [1.82, 2.24) is 0 Å². The molecule has 0 aliphatic carbocycles. The molecule has 122 valence electrons. The topological polar surface area (TPSA) is 38.3 Å². The molecule has 0 saturated heterocycles. The van der Waals surface area contributed by atoms with Crippen LogP contribution in [0.3, 0.4) is 0 Å². The zero-order chi connectivity index (χ0) is 16.8. The summed E-state index contributed by atoms with van der Waals surface area (Å²) < 4.78 is 93.2. The molecule has 1 amide bonds. The van der Waals surface area contributed by atoms with Gasteiger partial charge in [0.05, 0.1) is 5.69 Å². The summed E-state index contributed by atoms with van der Waals surface area (Å²) >= 11 is -0.956. The first-order valence-corrected chi connectivity index (χ1v) is 6.34. The van der Waals surface area contributed by atoms with Crippen LogP contribution in [0.4, 0.5) is 36.4 Å². The van der Waals surface area contributed by atoms with E-state index in [1.54, 1.807) is 0 Å². The highest BCUT2D eigenvalue weighted by Gasteiger charge is 2.73. The lowest BCUT2D eigenvalue weighted by Gasteiger charge is -2.27. The van der Waals surface area contributed by atoms with Crippen molar-refractivity contribution in [1.29, 1.82) is 0 Å². The Morgan fingerprint density at radius 3 is 2.32 bits per heavy atom. The third-order valence-electron chi connectivity index (χ3n) is 2.55. The van der Waals surface area contributed by atoms with Crippen molar-refractivity contribution in [2.24, 2.45) is 0 Å². The number of thioether (sulfide) groups is 1. The number of carbonyl (C=O) groups excluding carboxylic acids is 1. The quantitative estimate of drug-likeness (QED) is 0.664. The number of amides is 1. The van der Waals surface area contributed by atoms with Gasteiger partial charge in [-0.05, 0) is 30.0 Å². The summed E-state index contributed by atoms with van der Waals surface area (Å²) in [5, 5.41) is -3.19. The van der Waals surface area contributed by atoms with Crippen LogP contribution in [0.15, 0.2) is 23.1 Å². The van der Waals surface area contributed by atoms with E-state index in [0.29, 0.717) is 0 Å². The van der Waals surface area contributed by atoms with Gasteiger partial charge in [0, 0.05) is 4.90 Å². The van der Waals surface area contributed by atoms with Crippen LogP contribution in [0.2, 0.25) is 0 Å². The van der Waals surface area contributed by atoms with Gasteiger partial charge in [0.25, 0.3) is 5.91 Å². The minimum absolute atomic E-state index is 0.0904. The Morgan fingerprint density at radius 1 is 1.09 bits per heavy atom. The van der Waals surface area contributed by atoms with Gasteiger partial charge in [-0.25, -0.2) is 0 Å². The van der Waals surface area contributed by atoms with Crippen LogP contribution in [0, 0.1) is 0 Å². The van der Waals surface area contributed by atoms with E-state index in [1.807, 2.05) is 0 Å². The number of fused-ring (bicyclic) bond motifs is 1. The predicted molar refractivity (Wildman–Crippen MR) is 62.4 cm³/mol. The summed E-state index contributed by atoms with van der Waals surface area (Å²) in [7, 11) is 0. The molecule has 0 spiro atoms. The van der Waals surface area contributed by atoms with Crippen LogP contribution >= 0.6 is 11.8 Å². The third kappa shape index (κ3) is 2.94. The average molecular weight is 349 g/mol. The van der Waals surface area contributed by atoms with Crippen molar-refractivity contribution in [3.8, 4) is 5.75 Å². The maximum Gasteiger partial charge on any atom is 0.460 e. The molecule has 0 radical (unpaired) electrons. The molecule has 0 unspecified atom stereocenters. The maximum atomic E-state index is 13.3. The number of anilines is 1. The molecule has 1 aromatic rings. The van der Waals surface area contributed by atoms with E-state index in [-0.39, 0.29) is 18.0 Å². The molecule has 3 nitrogen and oxygen atoms in total. The summed E-state index contributed by atoms with van der Waals surface area (Å²) in [5.74, 6) is -6.72. The molecule has 1 aliphatic rings. The zero-order valence-corrected chi connectivity index (χ0v) is 11.1. The van der Waals surface area contributed by atoms with Crippen molar-refractivity contribution in [2.45, 2.75) is 22.2 Å². The van der Waals surface area contributed by atoms with Gasteiger partial charge < -0.3 is 10.1 Å². The minimum atomic E-state index is -6.39. The SMILES string of the molecule is O=C1COc2ccc(SC(F)(F)C(F)(F)C(F)(F)F)cc2N1. The smallest absolute Gasteiger partial charge is 0.460 e. The van der Waals surface area contributed by atoms with Crippen LogP contribution in [0.5, 0.6) is 5.75 Å². The summed E-state index contributed by atoms with van der Waals surface area (Å²) in [6.45, 7) is -0.318. The second kappa shape index (κ2) is 5.21. The fourth-order valence-electron chi connectivity index (χ4n) is 1.50. The van der Waals surface area contributed by atoms with E-state index < -0.39 is 39.9 Å². The lowest BCUT2D eigenvalue weighted by molar-refractivity contribution is -0.330. The maximum absolute atomic E-state index is 13.3. The molecule has 0 bridgehead atoms. The number of halogens is 7. The first-order chi connectivity index (χ1) is 9.94. The van der Waals surface area contributed by atoms with Crippen molar-refractivity contribution in [3.05, 3.63) is 18.2 Å². The Labute approximate surface area is 122 Å². The third-order valence-corrected chi connectivity index (χ3v) is 3.55. The van der Waals surface area contributed by atoms with Crippen LogP contribution in [-0.2, 0) is 4.79 Å². The molecule has 11 heteroatoms. The van der Waals surface area contributed by atoms with Gasteiger partial charge in [-0.15, -0.1) is 0 Å². The zero-order valence-electron chi connectivity index (χ0n) is 10.3. The van der Waals surface area contributed by atoms with E-state index in [4.69, 9.17) is 4.74 Å². The minimum Gasteiger partial charge on any atom is -0.482 e. The van der Waals surface area contributed by atoms with Gasteiger partial charge in [-0.1, -0.05) is 0 Å². The number of ether oxygens (including phenoxy) is 1. The first kappa shape index (κ1) is 16.7. The number of alkyl halides is 7. The second-order valence-corrected chi connectivity index (χ2v) is 5.37. The van der Waals surface area contributed by atoms with Gasteiger partial charge >= 0.3 is 17.4 Å². The number of nitrogens with one attached hydrogen (secondary N) is 1. The van der Waals surface area contributed by atoms with Gasteiger partial charge in [-0.2, -0.15) is 30.7 Å². The highest BCUT2D eigenvalue weighted by Crippen LogP contribution is 2.54. The molecule has 0 saturated carbocycles. The molecule has 1 aliphatic heterocycles. The molecule has 1 aromatic carbocycles.